The van der Waals surface area contributed by atoms with Gasteiger partial charge in [-0.2, -0.15) is 0 Å². The Kier molecular flexibility index (Phi) is 4.72. The zero-order valence-corrected chi connectivity index (χ0v) is 12.0. The van der Waals surface area contributed by atoms with E-state index in [0.29, 0.717) is 5.88 Å². The monoisotopic (exact) mass is 327 g/mol. The van der Waals surface area contributed by atoms with E-state index in [2.05, 4.69) is 20.9 Å². The SMILES string of the molecule is Fc1cccc(C(CCl)Cc2cncc(Br)c2)c1. The second-order valence-electron chi connectivity index (χ2n) is 4.12. The van der Waals surface area contributed by atoms with E-state index >= 15 is 0 Å². The van der Waals surface area contributed by atoms with Gasteiger partial charge in [-0.05, 0) is 51.7 Å². The number of nitrogens with zero attached hydrogens (tertiary/aromatic N) is 1. The van der Waals surface area contributed by atoms with Crippen LogP contribution in [0.4, 0.5) is 4.39 Å². The summed E-state index contributed by atoms with van der Waals surface area (Å²) in [5.41, 5.74) is 2.00. The molecule has 0 radical (unpaired) electrons. The zero-order valence-electron chi connectivity index (χ0n) is 9.61. The normalized spacial score (nSPS) is 12.4. The quantitative estimate of drug-likeness (QED) is 0.750. The molecule has 1 atom stereocenters. The van der Waals surface area contributed by atoms with Crippen molar-refractivity contribution >= 4 is 27.5 Å². The summed E-state index contributed by atoms with van der Waals surface area (Å²) in [4.78, 5) is 4.12. The summed E-state index contributed by atoms with van der Waals surface area (Å²) in [5, 5.41) is 0. The van der Waals surface area contributed by atoms with Gasteiger partial charge in [-0.25, -0.2) is 4.39 Å². The average Bonchev–Trinajstić information content (AvgIpc) is 2.36. The van der Waals surface area contributed by atoms with Gasteiger partial charge in [0.1, 0.15) is 5.82 Å². The largest absolute Gasteiger partial charge is 0.263 e. The maximum atomic E-state index is 13.2. The van der Waals surface area contributed by atoms with Crippen molar-refractivity contribution in [3.05, 3.63) is 64.1 Å². The number of rotatable bonds is 4. The van der Waals surface area contributed by atoms with Crippen LogP contribution in [-0.2, 0) is 6.42 Å². The smallest absolute Gasteiger partial charge is 0.123 e. The molecule has 0 fully saturated rings. The summed E-state index contributed by atoms with van der Waals surface area (Å²) >= 11 is 9.38. The van der Waals surface area contributed by atoms with Crippen molar-refractivity contribution in [2.45, 2.75) is 12.3 Å². The minimum atomic E-state index is -0.227. The zero-order chi connectivity index (χ0) is 13.0. The third kappa shape index (κ3) is 3.53. The van der Waals surface area contributed by atoms with Crippen LogP contribution >= 0.6 is 27.5 Å². The van der Waals surface area contributed by atoms with Crippen LogP contribution in [0.1, 0.15) is 17.0 Å². The topological polar surface area (TPSA) is 12.9 Å². The van der Waals surface area contributed by atoms with E-state index in [4.69, 9.17) is 11.6 Å². The highest BCUT2D eigenvalue weighted by molar-refractivity contribution is 9.10. The molecule has 0 aliphatic carbocycles. The van der Waals surface area contributed by atoms with Crippen molar-refractivity contribution < 1.29 is 4.39 Å². The van der Waals surface area contributed by atoms with Crippen LogP contribution in [0.2, 0.25) is 0 Å². The number of alkyl halides is 1. The van der Waals surface area contributed by atoms with Gasteiger partial charge < -0.3 is 0 Å². The van der Waals surface area contributed by atoms with Gasteiger partial charge in [-0.1, -0.05) is 12.1 Å². The highest BCUT2D eigenvalue weighted by atomic mass is 79.9. The summed E-state index contributed by atoms with van der Waals surface area (Å²) < 4.78 is 14.1. The Morgan fingerprint density at radius 2 is 2.11 bits per heavy atom. The molecule has 0 saturated heterocycles. The molecule has 0 N–H and O–H groups in total. The van der Waals surface area contributed by atoms with Crippen LogP contribution in [0.25, 0.3) is 0 Å². The van der Waals surface area contributed by atoms with Crippen LogP contribution in [0, 0.1) is 5.82 Å². The van der Waals surface area contributed by atoms with E-state index < -0.39 is 0 Å². The summed E-state index contributed by atoms with van der Waals surface area (Å²) in [6.07, 6.45) is 4.30. The van der Waals surface area contributed by atoms with Crippen LogP contribution in [-0.4, -0.2) is 10.9 Å². The Hall–Kier alpha value is -0.930. The molecule has 0 amide bonds. The molecule has 0 aliphatic rings. The standard InChI is InChI=1S/C14H12BrClFN/c15-13-5-10(8-18-9-13)4-12(7-16)11-2-1-3-14(17)6-11/h1-3,5-6,8-9,12H,4,7H2. The van der Waals surface area contributed by atoms with Crippen LogP contribution in [0.15, 0.2) is 47.2 Å². The third-order valence-electron chi connectivity index (χ3n) is 2.75. The molecule has 2 aromatic rings. The Morgan fingerprint density at radius 3 is 2.78 bits per heavy atom. The lowest BCUT2D eigenvalue weighted by molar-refractivity contribution is 0.621. The molecule has 0 aliphatic heterocycles. The van der Waals surface area contributed by atoms with Gasteiger partial charge >= 0.3 is 0 Å². The van der Waals surface area contributed by atoms with Gasteiger partial charge in [0.2, 0.25) is 0 Å². The van der Waals surface area contributed by atoms with E-state index in [9.17, 15) is 4.39 Å². The van der Waals surface area contributed by atoms with Gasteiger partial charge in [0.05, 0.1) is 0 Å². The van der Waals surface area contributed by atoms with Crippen molar-refractivity contribution in [1.82, 2.24) is 4.98 Å². The summed E-state index contributed by atoms with van der Waals surface area (Å²) in [7, 11) is 0. The van der Waals surface area contributed by atoms with Gasteiger partial charge in [-0.15, -0.1) is 11.6 Å². The van der Waals surface area contributed by atoms with Gasteiger partial charge in [0, 0.05) is 28.7 Å². The molecule has 1 unspecified atom stereocenters. The van der Waals surface area contributed by atoms with E-state index in [-0.39, 0.29) is 11.7 Å². The highest BCUT2D eigenvalue weighted by Gasteiger charge is 2.12. The lowest BCUT2D eigenvalue weighted by Gasteiger charge is -2.14. The van der Waals surface area contributed by atoms with Crippen LogP contribution < -0.4 is 0 Å². The molecule has 94 valence electrons. The molecular weight excluding hydrogens is 317 g/mol. The Morgan fingerprint density at radius 1 is 1.28 bits per heavy atom. The van der Waals surface area contributed by atoms with Gasteiger partial charge in [0.25, 0.3) is 0 Å². The molecule has 0 saturated carbocycles. The van der Waals surface area contributed by atoms with Crippen LogP contribution in [0.5, 0.6) is 0 Å². The third-order valence-corrected chi connectivity index (χ3v) is 3.56. The Bertz CT molecular complexity index is 533. The summed E-state index contributed by atoms with van der Waals surface area (Å²) in [6.45, 7) is 0. The lowest BCUT2D eigenvalue weighted by Crippen LogP contribution is -2.05. The van der Waals surface area contributed by atoms with E-state index in [0.717, 1.165) is 22.0 Å². The lowest BCUT2D eigenvalue weighted by atomic mass is 9.94. The minimum Gasteiger partial charge on any atom is -0.263 e. The first kappa shape index (κ1) is 13.5. The molecule has 4 heteroatoms. The second kappa shape index (κ2) is 6.30. The van der Waals surface area contributed by atoms with Gasteiger partial charge in [-0.3, -0.25) is 4.98 Å². The summed E-state index contributed by atoms with van der Waals surface area (Å²) in [6, 6.07) is 8.60. The van der Waals surface area contributed by atoms with Crippen LogP contribution in [0.3, 0.4) is 0 Å². The fraction of sp³-hybridized carbons (Fsp3) is 0.214. The predicted octanol–water partition coefficient (Wildman–Crippen LogP) is 4.55. The second-order valence-corrected chi connectivity index (χ2v) is 5.35. The number of benzene rings is 1. The minimum absolute atomic E-state index is 0.0958. The molecule has 18 heavy (non-hydrogen) atoms. The molecule has 1 nitrogen and oxygen atoms in total. The molecule has 1 heterocycles. The van der Waals surface area contributed by atoms with Crippen molar-refractivity contribution in [3.63, 3.8) is 0 Å². The number of aromatic nitrogens is 1. The number of pyridine rings is 1. The first-order valence-corrected chi connectivity index (χ1v) is 6.92. The highest BCUT2D eigenvalue weighted by Crippen LogP contribution is 2.23. The fourth-order valence-electron chi connectivity index (χ4n) is 1.87. The Labute approximate surface area is 119 Å². The number of halogens is 3. The first-order valence-electron chi connectivity index (χ1n) is 5.60. The van der Waals surface area contributed by atoms with Crippen molar-refractivity contribution in [3.8, 4) is 0 Å². The molecule has 0 spiro atoms. The molecule has 0 bridgehead atoms. The predicted molar refractivity (Wildman–Crippen MR) is 75.5 cm³/mol. The molecule has 1 aromatic heterocycles. The van der Waals surface area contributed by atoms with E-state index in [1.54, 1.807) is 18.3 Å². The maximum absolute atomic E-state index is 13.2. The number of hydrogen-bond acceptors (Lipinski definition) is 1. The maximum Gasteiger partial charge on any atom is 0.123 e. The average molecular weight is 329 g/mol. The van der Waals surface area contributed by atoms with Crippen molar-refractivity contribution in [1.29, 1.82) is 0 Å². The summed E-state index contributed by atoms with van der Waals surface area (Å²) in [5.74, 6) is 0.323. The van der Waals surface area contributed by atoms with Crippen molar-refractivity contribution in [2.24, 2.45) is 0 Å². The van der Waals surface area contributed by atoms with Crippen molar-refractivity contribution in [2.75, 3.05) is 5.88 Å². The Balaban J connectivity index is 2.19. The van der Waals surface area contributed by atoms with E-state index in [1.807, 2.05) is 18.3 Å². The fourth-order valence-corrected chi connectivity index (χ4v) is 2.57. The molecule has 2 rings (SSSR count). The molecular formula is C14H12BrClFN. The number of hydrogen-bond donors (Lipinski definition) is 0. The van der Waals surface area contributed by atoms with Gasteiger partial charge in [0.15, 0.2) is 0 Å². The van der Waals surface area contributed by atoms with E-state index in [1.165, 1.54) is 6.07 Å². The first-order chi connectivity index (χ1) is 8.69. The molecule has 1 aromatic carbocycles.